The van der Waals surface area contributed by atoms with E-state index in [9.17, 15) is 8.78 Å². The Labute approximate surface area is 86.7 Å². The first-order chi connectivity index (χ1) is 6.81. The van der Waals surface area contributed by atoms with Crippen LogP contribution in [0.15, 0.2) is 23.5 Å². The Morgan fingerprint density at radius 3 is 2.33 bits per heavy atom. The molecule has 0 aliphatic heterocycles. The summed E-state index contributed by atoms with van der Waals surface area (Å²) in [4.78, 5) is 0. The van der Waals surface area contributed by atoms with Gasteiger partial charge in [-0.25, -0.2) is 0 Å². The highest BCUT2D eigenvalue weighted by molar-refractivity contribution is 5.98. The molecule has 0 radical (unpaired) electrons. The standard InChI is InChI=1S/C9H14F2N4/c1-9(10,11)8(15)3-7(14)2-6(4-12)5-13/h3-5,12,15H,2,13-14H2,1H3/b6-5-,7-3-,12-4?,15-8?. The van der Waals surface area contributed by atoms with Crippen LogP contribution in [-0.4, -0.2) is 17.8 Å². The lowest BCUT2D eigenvalue weighted by atomic mass is 10.1. The minimum absolute atomic E-state index is 0.0710. The molecular weight excluding hydrogens is 202 g/mol. The van der Waals surface area contributed by atoms with Gasteiger partial charge in [0.25, 0.3) is 5.92 Å². The van der Waals surface area contributed by atoms with Gasteiger partial charge in [0.15, 0.2) is 0 Å². The SMILES string of the molecule is CC(F)(F)C(=N)/C=C(\N)C/C(C=N)=C/N. The number of nitrogens with two attached hydrogens (primary N) is 2. The van der Waals surface area contributed by atoms with E-state index in [1.165, 1.54) is 6.20 Å². The van der Waals surface area contributed by atoms with Crippen LogP contribution in [-0.2, 0) is 0 Å². The average Bonchev–Trinajstić information content (AvgIpc) is 2.12. The van der Waals surface area contributed by atoms with Gasteiger partial charge in [-0.15, -0.1) is 0 Å². The summed E-state index contributed by atoms with van der Waals surface area (Å²) in [6, 6.07) is 0. The van der Waals surface area contributed by atoms with E-state index < -0.39 is 11.6 Å². The Hall–Kier alpha value is -1.72. The predicted molar refractivity (Wildman–Crippen MR) is 56.3 cm³/mol. The van der Waals surface area contributed by atoms with Crippen LogP contribution in [0.4, 0.5) is 8.78 Å². The lowest BCUT2D eigenvalue weighted by molar-refractivity contribution is 0.101. The fourth-order valence-corrected chi connectivity index (χ4v) is 0.757. The molecule has 0 saturated carbocycles. The monoisotopic (exact) mass is 216 g/mol. The van der Waals surface area contributed by atoms with Crippen LogP contribution in [0.25, 0.3) is 0 Å². The third-order valence-corrected chi connectivity index (χ3v) is 1.61. The minimum atomic E-state index is -3.21. The van der Waals surface area contributed by atoms with Crippen molar-refractivity contribution in [2.45, 2.75) is 19.3 Å². The van der Waals surface area contributed by atoms with Crippen molar-refractivity contribution < 1.29 is 8.78 Å². The number of alkyl halides is 2. The van der Waals surface area contributed by atoms with Gasteiger partial charge in [0.2, 0.25) is 0 Å². The average molecular weight is 216 g/mol. The molecule has 0 fully saturated rings. The van der Waals surface area contributed by atoms with E-state index in [0.717, 1.165) is 12.3 Å². The normalized spacial score (nSPS) is 13.8. The molecule has 0 atom stereocenters. The van der Waals surface area contributed by atoms with Crippen molar-refractivity contribution >= 4 is 11.9 Å². The molecule has 6 heteroatoms. The smallest absolute Gasteiger partial charge is 0.286 e. The second-order valence-electron chi connectivity index (χ2n) is 3.08. The molecule has 0 aliphatic carbocycles. The molecule has 0 spiro atoms. The summed E-state index contributed by atoms with van der Waals surface area (Å²) >= 11 is 0. The maximum atomic E-state index is 12.6. The number of nitrogens with one attached hydrogen (secondary N) is 2. The summed E-state index contributed by atoms with van der Waals surface area (Å²) in [7, 11) is 0. The van der Waals surface area contributed by atoms with Crippen molar-refractivity contribution in [2.24, 2.45) is 11.5 Å². The summed E-state index contributed by atoms with van der Waals surface area (Å²) in [6.07, 6.45) is 3.11. The third-order valence-electron chi connectivity index (χ3n) is 1.61. The Morgan fingerprint density at radius 2 is 2.00 bits per heavy atom. The van der Waals surface area contributed by atoms with E-state index >= 15 is 0 Å². The Kier molecular flexibility index (Phi) is 4.63. The Balaban J connectivity index is 4.59. The zero-order chi connectivity index (χ0) is 12.1. The summed E-state index contributed by atoms with van der Waals surface area (Å²) in [5.41, 5.74) is 10.2. The highest BCUT2D eigenvalue weighted by Crippen LogP contribution is 2.15. The van der Waals surface area contributed by atoms with Gasteiger partial charge in [-0.1, -0.05) is 0 Å². The van der Waals surface area contributed by atoms with E-state index in [1.54, 1.807) is 0 Å². The van der Waals surface area contributed by atoms with Crippen LogP contribution >= 0.6 is 0 Å². The molecule has 0 rings (SSSR count). The quantitative estimate of drug-likeness (QED) is 0.522. The summed E-state index contributed by atoms with van der Waals surface area (Å²) < 4.78 is 25.1. The second kappa shape index (κ2) is 5.23. The lowest BCUT2D eigenvalue weighted by Crippen LogP contribution is -2.22. The highest BCUT2D eigenvalue weighted by atomic mass is 19.3. The highest BCUT2D eigenvalue weighted by Gasteiger charge is 2.26. The molecule has 6 N–H and O–H groups in total. The number of hydrogen-bond donors (Lipinski definition) is 4. The van der Waals surface area contributed by atoms with Crippen LogP contribution in [0, 0.1) is 10.8 Å². The van der Waals surface area contributed by atoms with Crippen molar-refractivity contribution in [3.63, 3.8) is 0 Å². The number of halogens is 2. The van der Waals surface area contributed by atoms with Crippen LogP contribution in [0.5, 0.6) is 0 Å². The number of rotatable bonds is 5. The molecule has 0 amide bonds. The van der Waals surface area contributed by atoms with Crippen LogP contribution in [0.1, 0.15) is 13.3 Å². The fourth-order valence-electron chi connectivity index (χ4n) is 0.757. The van der Waals surface area contributed by atoms with Crippen molar-refractivity contribution in [1.29, 1.82) is 10.8 Å². The Morgan fingerprint density at radius 1 is 1.47 bits per heavy atom. The van der Waals surface area contributed by atoms with Gasteiger partial charge in [-0.05, 0) is 17.8 Å². The van der Waals surface area contributed by atoms with Gasteiger partial charge in [-0.2, -0.15) is 8.78 Å². The summed E-state index contributed by atoms with van der Waals surface area (Å²) in [5, 5.41) is 13.9. The predicted octanol–water partition coefficient (Wildman–Crippen LogP) is 1.39. The molecule has 15 heavy (non-hydrogen) atoms. The number of allylic oxidation sites excluding steroid dienone is 2. The molecule has 84 valence electrons. The van der Waals surface area contributed by atoms with Crippen molar-refractivity contribution in [3.05, 3.63) is 23.5 Å². The minimum Gasteiger partial charge on any atom is -0.404 e. The maximum Gasteiger partial charge on any atom is 0.286 e. The molecule has 0 heterocycles. The molecule has 0 aromatic heterocycles. The first-order valence-electron chi connectivity index (χ1n) is 4.15. The molecule has 0 bridgehead atoms. The summed E-state index contributed by atoms with van der Waals surface area (Å²) in [6.45, 7) is 0.620. The van der Waals surface area contributed by atoms with Crippen LogP contribution in [0.3, 0.4) is 0 Å². The first kappa shape index (κ1) is 13.3. The van der Waals surface area contributed by atoms with Gasteiger partial charge in [-0.3, -0.25) is 5.41 Å². The van der Waals surface area contributed by atoms with E-state index in [0.29, 0.717) is 12.5 Å². The topological polar surface area (TPSA) is 99.7 Å². The lowest BCUT2D eigenvalue weighted by Gasteiger charge is -2.09. The van der Waals surface area contributed by atoms with E-state index in [-0.39, 0.29) is 12.1 Å². The molecule has 0 saturated heterocycles. The molecule has 0 unspecified atom stereocenters. The molecule has 0 aromatic carbocycles. The first-order valence-corrected chi connectivity index (χ1v) is 4.15. The van der Waals surface area contributed by atoms with Crippen LogP contribution < -0.4 is 11.5 Å². The number of hydrogen-bond acceptors (Lipinski definition) is 4. The van der Waals surface area contributed by atoms with E-state index in [2.05, 4.69) is 0 Å². The zero-order valence-corrected chi connectivity index (χ0v) is 8.35. The van der Waals surface area contributed by atoms with Gasteiger partial charge in [0, 0.05) is 25.3 Å². The molecule has 4 nitrogen and oxygen atoms in total. The maximum absolute atomic E-state index is 12.6. The Bertz CT molecular complexity index is 313. The molecule has 0 aromatic rings. The van der Waals surface area contributed by atoms with Crippen LogP contribution in [0.2, 0.25) is 0 Å². The van der Waals surface area contributed by atoms with E-state index in [4.69, 9.17) is 22.3 Å². The second-order valence-corrected chi connectivity index (χ2v) is 3.08. The van der Waals surface area contributed by atoms with Crippen molar-refractivity contribution in [3.8, 4) is 0 Å². The van der Waals surface area contributed by atoms with Gasteiger partial charge >= 0.3 is 0 Å². The van der Waals surface area contributed by atoms with Gasteiger partial charge in [0.05, 0.1) is 0 Å². The largest absolute Gasteiger partial charge is 0.404 e. The van der Waals surface area contributed by atoms with E-state index in [1.807, 2.05) is 0 Å². The fraction of sp³-hybridized carbons (Fsp3) is 0.333. The van der Waals surface area contributed by atoms with Crippen molar-refractivity contribution in [1.82, 2.24) is 0 Å². The van der Waals surface area contributed by atoms with Crippen molar-refractivity contribution in [2.75, 3.05) is 0 Å². The zero-order valence-electron chi connectivity index (χ0n) is 8.35. The molecular formula is C9H14F2N4. The van der Waals surface area contributed by atoms with Gasteiger partial charge in [0.1, 0.15) is 5.71 Å². The molecule has 0 aliphatic rings. The third kappa shape index (κ3) is 4.90. The van der Waals surface area contributed by atoms with Gasteiger partial charge < -0.3 is 16.9 Å². The summed E-state index contributed by atoms with van der Waals surface area (Å²) in [5.74, 6) is -3.21.